The molecule has 1 aromatic rings. The van der Waals surface area contributed by atoms with E-state index in [2.05, 4.69) is 31.1 Å². The number of rotatable bonds is 15. The fourth-order valence-corrected chi connectivity index (χ4v) is 11.5. The molecule has 0 aromatic heterocycles. The molecule has 2 amide bonds. The van der Waals surface area contributed by atoms with Crippen LogP contribution in [-0.2, 0) is 54.1 Å². The first kappa shape index (κ1) is 58.0. The van der Waals surface area contributed by atoms with Gasteiger partial charge in [0.15, 0.2) is 12.6 Å². The maximum Gasteiger partial charge on any atom is 0.311 e. The maximum absolute atomic E-state index is 14.5. The van der Waals surface area contributed by atoms with E-state index in [-0.39, 0.29) is 43.2 Å². The second kappa shape index (κ2) is 24.9. The van der Waals surface area contributed by atoms with Gasteiger partial charge in [0, 0.05) is 63.2 Å². The average Bonchev–Trinajstić information content (AvgIpc) is 3.31. The number of carbonyl (C=O) groups excluding carboxylic acids is 3. The summed E-state index contributed by atoms with van der Waals surface area (Å²) in [7, 11) is 5.53. The number of unbranched alkanes of at least 4 members (excludes halogenated alkanes) is 3. The molecule has 0 bridgehead atoms. The number of hydroxylamine groups is 1. The molecule has 0 radical (unpaired) electrons. The van der Waals surface area contributed by atoms with E-state index in [0.29, 0.717) is 50.9 Å². The van der Waals surface area contributed by atoms with Gasteiger partial charge in [-0.25, -0.2) is 5.48 Å². The first-order chi connectivity index (χ1) is 32.9. The summed E-state index contributed by atoms with van der Waals surface area (Å²) in [5.74, 6) is -2.59. The van der Waals surface area contributed by atoms with Gasteiger partial charge in [-0.3, -0.25) is 24.5 Å². The first-order valence-corrected chi connectivity index (χ1v) is 25.7. The topological polar surface area (TPSA) is 227 Å². The van der Waals surface area contributed by atoms with Crippen LogP contribution in [0.1, 0.15) is 139 Å². The Morgan fingerprint density at radius 1 is 0.914 bits per heavy atom. The minimum atomic E-state index is -1.79. The van der Waals surface area contributed by atoms with Gasteiger partial charge in [-0.1, -0.05) is 45.7 Å². The van der Waals surface area contributed by atoms with Crippen LogP contribution >= 0.6 is 0 Å². The summed E-state index contributed by atoms with van der Waals surface area (Å²) in [4.78, 5) is 42.7. The number of fused-ring (bicyclic) bond motifs is 2. The van der Waals surface area contributed by atoms with Crippen molar-refractivity contribution in [3.63, 3.8) is 0 Å². The molecule has 70 heavy (non-hydrogen) atoms. The van der Waals surface area contributed by atoms with Crippen LogP contribution < -0.4 is 10.8 Å². The van der Waals surface area contributed by atoms with Crippen LogP contribution in [-0.4, -0.2) is 166 Å². The van der Waals surface area contributed by atoms with Crippen molar-refractivity contribution in [3.05, 3.63) is 29.8 Å². The number of likely N-dealkylation sites (N-methyl/N-ethyl adjacent to an activating group) is 2. The molecular formula is C52H88N4O14. The number of hydrogen-bond acceptors (Lipinski definition) is 16. The summed E-state index contributed by atoms with van der Waals surface area (Å²) >= 11 is 0. The highest BCUT2D eigenvalue weighted by Gasteiger charge is 2.58. The molecule has 5 rings (SSSR count). The lowest BCUT2D eigenvalue weighted by Crippen LogP contribution is -2.68. The number of cyclic esters (lactones) is 1. The second-order valence-corrected chi connectivity index (χ2v) is 21.9. The van der Waals surface area contributed by atoms with Crippen LogP contribution in [0.5, 0.6) is 0 Å². The van der Waals surface area contributed by atoms with Gasteiger partial charge in [0.25, 0.3) is 0 Å². The summed E-state index contributed by atoms with van der Waals surface area (Å²) in [5, 5.41) is 46.4. The predicted molar refractivity (Wildman–Crippen MR) is 261 cm³/mol. The van der Waals surface area contributed by atoms with Gasteiger partial charge in [-0.05, 0) is 118 Å². The van der Waals surface area contributed by atoms with E-state index in [1.54, 1.807) is 26.4 Å². The zero-order valence-corrected chi connectivity index (χ0v) is 44.2. The number of methoxy groups -OCH3 is 1. The molecule has 1 aromatic carbocycles. The standard InChI is InChI=1S/C52H88N4O14/c1-14-39-52(10,62)45(59)34(6)55(11)28-30(2)26-51(9)47(32(4)43(33(5)48(61)67-39)68-42-27-50(8,64-13)46(60)35(7)66-42)69-49-44(70-51)38(25-31(3)65-49)56(12)29-36-21-23-37(24-22-36)53-40(57)19-17-15-16-18-20-41(58)54-63/h21-24,30-35,38-39,42-47,49,59-60,62-63H,14-20,25-29H2,1-13H3,(H,53,57)(H,54,58)/t30-,31-,32+,33-,34-,35+,38+,39-,42+,43+,44-,45-,46+,47-,49+,50-,51-,52-/m1/s1. The van der Waals surface area contributed by atoms with Crippen molar-refractivity contribution in [2.75, 3.05) is 33.1 Å². The Bertz CT molecular complexity index is 1840. The second-order valence-electron chi connectivity index (χ2n) is 21.9. The largest absolute Gasteiger partial charge is 0.459 e. The lowest BCUT2D eigenvalue weighted by Gasteiger charge is -2.56. The Kier molecular flexibility index (Phi) is 20.7. The fourth-order valence-electron chi connectivity index (χ4n) is 11.5. The number of nitrogens with one attached hydrogen (secondary N) is 2. The van der Waals surface area contributed by atoms with Crippen molar-refractivity contribution in [2.24, 2.45) is 17.8 Å². The lowest BCUT2D eigenvalue weighted by molar-refractivity contribution is -0.378. The Morgan fingerprint density at radius 2 is 1.56 bits per heavy atom. The number of aliphatic hydroxyl groups is 3. The average molecular weight is 993 g/mol. The van der Waals surface area contributed by atoms with Gasteiger partial charge in [-0.2, -0.15) is 0 Å². The molecule has 4 saturated heterocycles. The number of anilines is 1. The third kappa shape index (κ3) is 14.0. The van der Waals surface area contributed by atoms with Crippen molar-refractivity contribution >= 4 is 23.5 Å². The van der Waals surface area contributed by atoms with E-state index in [9.17, 15) is 29.7 Å². The first-order valence-electron chi connectivity index (χ1n) is 25.7. The Labute approximate surface area is 416 Å². The molecule has 0 unspecified atom stereocenters. The summed E-state index contributed by atoms with van der Waals surface area (Å²) in [6, 6.07) is 7.18. The van der Waals surface area contributed by atoms with Crippen LogP contribution in [0.4, 0.5) is 5.69 Å². The highest BCUT2D eigenvalue weighted by atomic mass is 16.7. The van der Waals surface area contributed by atoms with Crippen molar-refractivity contribution < 1.29 is 68.1 Å². The molecule has 4 aliphatic rings. The summed E-state index contributed by atoms with van der Waals surface area (Å²) in [5.41, 5.74) is -0.374. The molecule has 0 aliphatic carbocycles. The van der Waals surface area contributed by atoms with E-state index in [1.807, 2.05) is 70.8 Å². The Hall–Kier alpha value is -2.85. The van der Waals surface area contributed by atoms with E-state index >= 15 is 0 Å². The van der Waals surface area contributed by atoms with Gasteiger partial charge >= 0.3 is 5.97 Å². The predicted octanol–water partition coefficient (Wildman–Crippen LogP) is 5.30. The van der Waals surface area contributed by atoms with Gasteiger partial charge in [0.05, 0.1) is 41.5 Å². The van der Waals surface area contributed by atoms with E-state index < -0.39 is 102 Å². The van der Waals surface area contributed by atoms with Crippen LogP contribution in [0.2, 0.25) is 0 Å². The molecule has 18 heteroatoms. The van der Waals surface area contributed by atoms with Crippen molar-refractivity contribution in [1.29, 1.82) is 0 Å². The van der Waals surface area contributed by atoms with Crippen LogP contribution in [0.25, 0.3) is 0 Å². The molecule has 0 saturated carbocycles. The minimum Gasteiger partial charge on any atom is -0.459 e. The molecule has 6 N–H and O–H groups in total. The number of esters is 1. The van der Waals surface area contributed by atoms with E-state index in [4.69, 9.17) is 38.4 Å². The van der Waals surface area contributed by atoms with Crippen molar-refractivity contribution in [1.82, 2.24) is 15.3 Å². The summed E-state index contributed by atoms with van der Waals surface area (Å²) < 4.78 is 46.5. The molecule has 0 spiro atoms. The molecular weight excluding hydrogens is 905 g/mol. The maximum atomic E-state index is 14.5. The highest BCUT2D eigenvalue weighted by Crippen LogP contribution is 2.46. The number of amides is 2. The van der Waals surface area contributed by atoms with Gasteiger partial charge in [0.2, 0.25) is 11.8 Å². The third-order valence-corrected chi connectivity index (χ3v) is 15.8. The molecule has 4 aliphatic heterocycles. The highest BCUT2D eigenvalue weighted by molar-refractivity contribution is 5.90. The van der Waals surface area contributed by atoms with Crippen LogP contribution in [0.15, 0.2) is 24.3 Å². The fraction of sp³-hybridized carbons (Fsp3) is 0.827. The number of nitrogens with zero attached hydrogens (tertiary/aromatic N) is 2. The van der Waals surface area contributed by atoms with Gasteiger partial charge < -0.3 is 58.7 Å². The molecule has 4 heterocycles. The number of aliphatic hydroxyl groups excluding tert-OH is 2. The zero-order chi connectivity index (χ0) is 51.9. The number of benzene rings is 1. The number of hydrogen-bond donors (Lipinski definition) is 6. The molecule has 18 nitrogen and oxygen atoms in total. The van der Waals surface area contributed by atoms with Crippen molar-refractivity contribution in [2.45, 2.75) is 230 Å². The Balaban J connectivity index is 1.41. The monoisotopic (exact) mass is 993 g/mol. The zero-order valence-electron chi connectivity index (χ0n) is 44.2. The molecule has 400 valence electrons. The minimum absolute atomic E-state index is 0.0108. The van der Waals surface area contributed by atoms with Crippen molar-refractivity contribution in [3.8, 4) is 0 Å². The SMILES string of the molecule is CC[C@H]1OC(=O)[C@H](C)[C@@H](O[C@H]2C[C@@](C)(OC)[C@@H](O)[C@H](C)O2)[C@H](C)[C@H]2O[C@@H]3O[C@H](C)C[C@H](N(C)Cc4ccc(NC(=O)CCCCCCC(=O)NO)cc4)[C@H]3O[C@]2(C)C[C@@H](C)CN(C)[C@H](C)[C@@H](O)[C@]1(C)O. The number of ether oxygens (including phenoxy) is 7. The smallest absolute Gasteiger partial charge is 0.311 e. The Morgan fingerprint density at radius 3 is 2.17 bits per heavy atom. The quantitative estimate of drug-likeness (QED) is 0.0567. The van der Waals surface area contributed by atoms with E-state index in [0.717, 1.165) is 18.4 Å². The molecule has 4 fully saturated rings. The van der Waals surface area contributed by atoms with Gasteiger partial charge in [-0.15, -0.1) is 0 Å². The summed E-state index contributed by atoms with van der Waals surface area (Å²) in [6.07, 6.45) is -2.63. The van der Waals surface area contributed by atoms with Crippen LogP contribution in [0, 0.1) is 17.8 Å². The number of carbonyl (C=O) groups is 3. The normalized spacial score (nSPS) is 40.3. The van der Waals surface area contributed by atoms with Gasteiger partial charge in [0.1, 0.15) is 30.0 Å². The van der Waals surface area contributed by atoms with Crippen LogP contribution in [0.3, 0.4) is 0 Å². The third-order valence-electron chi connectivity index (χ3n) is 15.8. The summed E-state index contributed by atoms with van der Waals surface area (Å²) in [6.45, 7) is 19.8. The lowest BCUT2D eigenvalue weighted by atomic mass is 9.76. The van der Waals surface area contributed by atoms with E-state index in [1.165, 1.54) is 6.92 Å². The molecule has 18 atom stereocenters.